The highest BCUT2D eigenvalue weighted by molar-refractivity contribution is 7.89. The van der Waals surface area contributed by atoms with Crippen LogP contribution in [-0.4, -0.2) is 49.8 Å². The molecule has 1 aliphatic heterocycles. The summed E-state index contributed by atoms with van der Waals surface area (Å²) in [5.41, 5.74) is 3.17. The number of nitrogens with zero attached hydrogens (tertiary/aromatic N) is 2. The zero-order chi connectivity index (χ0) is 21.4. The van der Waals surface area contributed by atoms with Crippen molar-refractivity contribution in [2.24, 2.45) is 0 Å². The molecule has 0 saturated carbocycles. The zero-order valence-corrected chi connectivity index (χ0v) is 19.3. The molecule has 0 radical (unpaired) electrons. The normalized spacial score (nSPS) is 15.6. The van der Waals surface area contributed by atoms with Gasteiger partial charge in [-0.15, -0.1) is 4.41 Å². The third kappa shape index (κ3) is 6.53. The van der Waals surface area contributed by atoms with Gasteiger partial charge < -0.3 is 5.32 Å². The number of hydrogen-bond acceptors (Lipinski definition) is 4. The highest BCUT2D eigenvalue weighted by atomic mass is 35.5. The Balaban J connectivity index is 1.74. The summed E-state index contributed by atoms with van der Waals surface area (Å²) >= 11 is 5.98. The van der Waals surface area contributed by atoms with Crippen LogP contribution >= 0.6 is 11.6 Å². The summed E-state index contributed by atoms with van der Waals surface area (Å²) in [6, 6.07) is 15.9. The van der Waals surface area contributed by atoms with E-state index in [1.54, 1.807) is 4.41 Å². The lowest BCUT2D eigenvalue weighted by Gasteiger charge is -2.36. The second kappa shape index (κ2) is 11.3. The van der Waals surface area contributed by atoms with Gasteiger partial charge in [-0.25, -0.2) is 13.4 Å². The molecule has 0 amide bonds. The van der Waals surface area contributed by atoms with Gasteiger partial charge in [0.05, 0.1) is 12.3 Å². The fourth-order valence-electron chi connectivity index (χ4n) is 3.67. The van der Waals surface area contributed by atoms with E-state index in [2.05, 4.69) is 12.2 Å². The molecule has 1 heterocycles. The molecule has 1 fully saturated rings. The van der Waals surface area contributed by atoms with Crippen molar-refractivity contribution in [3.63, 3.8) is 0 Å². The van der Waals surface area contributed by atoms with Crippen LogP contribution in [0.25, 0.3) is 11.1 Å². The molecule has 30 heavy (non-hydrogen) atoms. The Hall–Kier alpha value is -1.44. The molecule has 2 aromatic carbocycles. The van der Waals surface area contributed by atoms with Crippen molar-refractivity contribution in [3.05, 3.63) is 59.1 Å². The minimum absolute atomic E-state index is 0.208. The molecule has 0 unspecified atom stereocenters. The fourth-order valence-corrected chi connectivity index (χ4v) is 5.43. The maximum atomic E-state index is 13.2. The third-order valence-corrected chi connectivity index (χ3v) is 7.49. The molecule has 1 N–H and O–H groups in total. The summed E-state index contributed by atoms with van der Waals surface area (Å²) in [5.74, 6) is 0.208. The lowest BCUT2D eigenvalue weighted by Crippen LogP contribution is -2.54. The number of unbranched alkanes of at least 4 members (excludes halogenated alkanes) is 3. The SMILES string of the molecule is CCCCCCS(=O)(=O)N(Cc1ccc(-c2ccc(Cl)cc2)cc1)N1CCNCC1. The van der Waals surface area contributed by atoms with Crippen LogP contribution in [0.3, 0.4) is 0 Å². The largest absolute Gasteiger partial charge is 0.314 e. The third-order valence-electron chi connectivity index (χ3n) is 5.44. The second-order valence-corrected chi connectivity index (χ2v) is 10.2. The van der Waals surface area contributed by atoms with Crippen molar-refractivity contribution in [1.29, 1.82) is 0 Å². The Morgan fingerprint density at radius 3 is 2.13 bits per heavy atom. The molecular formula is C23H32ClN3O2S. The van der Waals surface area contributed by atoms with E-state index in [1.165, 1.54) is 0 Å². The number of sulfonamides is 1. The predicted octanol–water partition coefficient (Wildman–Crippen LogP) is 4.54. The van der Waals surface area contributed by atoms with E-state index in [0.29, 0.717) is 31.1 Å². The quantitative estimate of drug-likeness (QED) is 0.541. The Morgan fingerprint density at radius 2 is 1.53 bits per heavy atom. The summed E-state index contributed by atoms with van der Waals surface area (Å²) in [6.07, 6.45) is 3.85. The zero-order valence-electron chi connectivity index (χ0n) is 17.7. The van der Waals surface area contributed by atoms with E-state index in [-0.39, 0.29) is 5.75 Å². The fraction of sp³-hybridized carbons (Fsp3) is 0.478. The van der Waals surface area contributed by atoms with Crippen molar-refractivity contribution < 1.29 is 8.42 Å². The molecule has 0 bridgehead atoms. The lowest BCUT2D eigenvalue weighted by molar-refractivity contribution is 0.0396. The van der Waals surface area contributed by atoms with E-state index < -0.39 is 10.0 Å². The Morgan fingerprint density at radius 1 is 0.933 bits per heavy atom. The van der Waals surface area contributed by atoms with E-state index in [4.69, 9.17) is 11.6 Å². The number of benzene rings is 2. The van der Waals surface area contributed by atoms with Gasteiger partial charge in [0.2, 0.25) is 10.0 Å². The van der Waals surface area contributed by atoms with Gasteiger partial charge in [0.1, 0.15) is 0 Å². The smallest absolute Gasteiger partial charge is 0.227 e. The Labute approximate surface area is 186 Å². The number of halogens is 1. The summed E-state index contributed by atoms with van der Waals surface area (Å²) in [5, 5.41) is 6.00. The monoisotopic (exact) mass is 449 g/mol. The van der Waals surface area contributed by atoms with Gasteiger partial charge in [-0.1, -0.05) is 74.2 Å². The minimum Gasteiger partial charge on any atom is -0.314 e. The number of rotatable bonds is 10. The first kappa shape index (κ1) is 23.2. The first-order valence-corrected chi connectivity index (χ1v) is 12.8. The van der Waals surface area contributed by atoms with Crippen LogP contribution < -0.4 is 5.32 Å². The molecule has 1 aliphatic rings. The van der Waals surface area contributed by atoms with Gasteiger partial charge >= 0.3 is 0 Å². The Kier molecular flexibility index (Phi) is 8.72. The summed E-state index contributed by atoms with van der Waals surface area (Å²) in [4.78, 5) is 0. The summed E-state index contributed by atoms with van der Waals surface area (Å²) < 4.78 is 27.9. The maximum Gasteiger partial charge on any atom is 0.227 e. The molecule has 5 nitrogen and oxygen atoms in total. The second-order valence-electron chi connectivity index (χ2n) is 7.76. The molecule has 0 atom stereocenters. The standard InChI is InChI=1S/C23H32ClN3O2S/c1-2-3-4-5-18-30(28,29)27(26-16-14-25-15-17-26)19-20-6-8-21(9-7-20)22-10-12-23(24)13-11-22/h6-13,25H,2-5,14-19H2,1H3. The summed E-state index contributed by atoms with van der Waals surface area (Å²) in [6.45, 7) is 5.52. The van der Waals surface area contributed by atoms with Crippen LogP contribution in [0, 0.1) is 0 Å². The Bertz CT molecular complexity index is 880. The average molecular weight is 450 g/mol. The van der Waals surface area contributed by atoms with Gasteiger partial charge in [0, 0.05) is 31.2 Å². The van der Waals surface area contributed by atoms with Crippen LogP contribution in [0.1, 0.15) is 38.2 Å². The lowest BCUT2D eigenvalue weighted by atomic mass is 10.0. The van der Waals surface area contributed by atoms with Crippen LogP contribution in [0.15, 0.2) is 48.5 Å². The first-order chi connectivity index (χ1) is 14.5. The van der Waals surface area contributed by atoms with Crippen molar-refractivity contribution >= 4 is 21.6 Å². The van der Waals surface area contributed by atoms with E-state index in [1.807, 2.05) is 53.5 Å². The number of hydrazine groups is 1. The van der Waals surface area contributed by atoms with Gasteiger partial charge in [-0.05, 0) is 35.2 Å². The molecule has 7 heteroatoms. The molecule has 0 aliphatic carbocycles. The van der Waals surface area contributed by atoms with Crippen LogP contribution in [-0.2, 0) is 16.6 Å². The summed E-state index contributed by atoms with van der Waals surface area (Å²) in [7, 11) is -3.35. The molecule has 0 aromatic heterocycles. The highest BCUT2D eigenvalue weighted by Gasteiger charge is 2.29. The van der Waals surface area contributed by atoms with Gasteiger partial charge in [-0.2, -0.15) is 0 Å². The molecular weight excluding hydrogens is 418 g/mol. The van der Waals surface area contributed by atoms with E-state index in [9.17, 15) is 8.42 Å². The van der Waals surface area contributed by atoms with Crippen LogP contribution in [0.5, 0.6) is 0 Å². The van der Waals surface area contributed by atoms with E-state index >= 15 is 0 Å². The van der Waals surface area contributed by atoms with Crippen molar-refractivity contribution in [2.45, 2.75) is 39.2 Å². The molecule has 3 rings (SSSR count). The van der Waals surface area contributed by atoms with Crippen molar-refractivity contribution in [2.75, 3.05) is 31.9 Å². The van der Waals surface area contributed by atoms with Crippen LogP contribution in [0.4, 0.5) is 0 Å². The predicted molar refractivity (Wildman–Crippen MR) is 125 cm³/mol. The molecule has 0 spiro atoms. The van der Waals surface area contributed by atoms with Crippen LogP contribution in [0.2, 0.25) is 5.02 Å². The number of hydrogen-bond donors (Lipinski definition) is 1. The average Bonchev–Trinajstić information content (AvgIpc) is 2.77. The van der Waals surface area contributed by atoms with Gasteiger partial charge in [0.25, 0.3) is 0 Å². The van der Waals surface area contributed by atoms with Gasteiger partial charge in [0.15, 0.2) is 0 Å². The highest BCUT2D eigenvalue weighted by Crippen LogP contribution is 2.23. The minimum atomic E-state index is -3.35. The van der Waals surface area contributed by atoms with Gasteiger partial charge in [-0.3, -0.25) is 0 Å². The van der Waals surface area contributed by atoms with Crippen molar-refractivity contribution in [1.82, 2.24) is 14.7 Å². The number of nitrogens with one attached hydrogen (secondary N) is 1. The number of piperazine rings is 1. The molecule has 164 valence electrons. The first-order valence-electron chi connectivity index (χ1n) is 10.8. The van der Waals surface area contributed by atoms with E-state index in [0.717, 1.165) is 49.0 Å². The topological polar surface area (TPSA) is 52.7 Å². The molecule has 2 aromatic rings. The van der Waals surface area contributed by atoms with Crippen molar-refractivity contribution in [3.8, 4) is 11.1 Å². The maximum absolute atomic E-state index is 13.2. The molecule has 1 saturated heterocycles.